The normalized spacial score (nSPS) is 24.6. The predicted octanol–water partition coefficient (Wildman–Crippen LogP) is -1.74. The molecule has 1 aliphatic heterocycles. The summed E-state index contributed by atoms with van der Waals surface area (Å²) in [5, 5.41) is 43.8. The topological polar surface area (TPSA) is 185 Å². The van der Waals surface area contributed by atoms with Crippen LogP contribution in [0.4, 0.5) is 4.79 Å². The number of hydrogen-bond acceptors (Lipinski definition) is 11. The van der Waals surface area contributed by atoms with Crippen LogP contribution in [-0.4, -0.2) is 122 Å². The van der Waals surface area contributed by atoms with Crippen LogP contribution in [0.1, 0.15) is 32.6 Å². The van der Waals surface area contributed by atoms with Crippen molar-refractivity contribution in [1.29, 1.82) is 0 Å². The highest BCUT2D eigenvalue weighted by atomic mass is 16.7. The molecule has 0 saturated carbocycles. The standard InChI is InChI=1S/C21H40N2O11/c1-2-32-21(29)23-7-5-3-4-6-16(25)22-8-9-30-10-11-31-12-13-33-20-19(28)18(27)17(26)15(14-24)34-20/h15,17-20,24,26-28H,2-14H2,1H3,(H,22,25)(H,23,29)/t15?,17-,18?,19?,20+/m1/s1. The molecule has 13 nitrogen and oxygen atoms in total. The molecule has 1 saturated heterocycles. The van der Waals surface area contributed by atoms with Gasteiger partial charge in [0.2, 0.25) is 5.91 Å². The molecule has 0 aromatic carbocycles. The summed E-state index contributed by atoms with van der Waals surface area (Å²) in [7, 11) is 0. The smallest absolute Gasteiger partial charge is 0.407 e. The van der Waals surface area contributed by atoms with Crippen molar-refractivity contribution in [3.63, 3.8) is 0 Å². The average molecular weight is 497 g/mol. The van der Waals surface area contributed by atoms with Crippen LogP contribution >= 0.6 is 0 Å². The maximum atomic E-state index is 11.7. The van der Waals surface area contributed by atoms with Gasteiger partial charge in [0, 0.05) is 19.5 Å². The van der Waals surface area contributed by atoms with Crippen LogP contribution in [0.25, 0.3) is 0 Å². The number of aliphatic hydroxyl groups excluding tert-OH is 4. The molecule has 1 heterocycles. The van der Waals surface area contributed by atoms with Gasteiger partial charge in [-0.15, -0.1) is 0 Å². The lowest BCUT2D eigenvalue weighted by atomic mass is 9.99. The van der Waals surface area contributed by atoms with E-state index < -0.39 is 43.4 Å². The molecule has 5 atom stereocenters. The van der Waals surface area contributed by atoms with E-state index in [1.54, 1.807) is 6.92 Å². The summed E-state index contributed by atoms with van der Waals surface area (Å²) < 4.78 is 26.0. The predicted molar refractivity (Wildman–Crippen MR) is 118 cm³/mol. The Labute approximate surface area is 199 Å². The molecule has 0 aliphatic carbocycles. The molecule has 6 N–H and O–H groups in total. The number of amides is 2. The zero-order valence-corrected chi connectivity index (χ0v) is 19.7. The van der Waals surface area contributed by atoms with E-state index in [1.165, 1.54) is 0 Å². The van der Waals surface area contributed by atoms with Crippen molar-refractivity contribution in [1.82, 2.24) is 10.6 Å². The minimum Gasteiger partial charge on any atom is -0.450 e. The monoisotopic (exact) mass is 496 g/mol. The van der Waals surface area contributed by atoms with Crippen LogP contribution < -0.4 is 10.6 Å². The lowest BCUT2D eigenvalue weighted by Crippen LogP contribution is -2.59. The van der Waals surface area contributed by atoms with Gasteiger partial charge in [-0.2, -0.15) is 0 Å². The van der Waals surface area contributed by atoms with Crippen molar-refractivity contribution in [2.24, 2.45) is 0 Å². The van der Waals surface area contributed by atoms with E-state index >= 15 is 0 Å². The summed E-state index contributed by atoms with van der Waals surface area (Å²) in [5.74, 6) is -0.0523. The first kappa shape index (κ1) is 30.5. The Morgan fingerprint density at radius 3 is 2.26 bits per heavy atom. The van der Waals surface area contributed by atoms with Gasteiger partial charge >= 0.3 is 6.09 Å². The highest BCUT2D eigenvalue weighted by molar-refractivity contribution is 5.75. The Kier molecular flexibility index (Phi) is 16.8. The molecule has 1 aliphatic rings. The van der Waals surface area contributed by atoms with E-state index in [2.05, 4.69) is 10.6 Å². The number of nitrogens with one attached hydrogen (secondary N) is 2. The molecule has 1 fully saturated rings. The number of unbranched alkanes of at least 4 members (excludes halogenated alkanes) is 2. The van der Waals surface area contributed by atoms with Crippen LogP contribution in [0, 0.1) is 0 Å². The van der Waals surface area contributed by atoms with Gasteiger partial charge < -0.3 is 54.7 Å². The summed E-state index contributed by atoms with van der Waals surface area (Å²) in [5.41, 5.74) is 0. The van der Waals surface area contributed by atoms with E-state index in [9.17, 15) is 24.9 Å². The first-order valence-electron chi connectivity index (χ1n) is 11.7. The number of aliphatic hydroxyl groups is 4. The molecule has 2 amide bonds. The number of alkyl carbamates (subject to hydrolysis) is 1. The number of ether oxygens (including phenoxy) is 5. The molecule has 0 radical (unpaired) electrons. The second kappa shape index (κ2) is 18.7. The van der Waals surface area contributed by atoms with Crippen LogP contribution in [0.3, 0.4) is 0 Å². The van der Waals surface area contributed by atoms with Gasteiger partial charge in [0.15, 0.2) is 6.29 Å². The zero-order valence-electron chi connectivity index (χ0n) is 19.7. The molecule has 0 aromatic heterocycles. The molecule has 34 heavy (non-hydrogen) atoms. The number of hydrogen-bond donors (Lipinski definition) is 6. The fourth-order valence-electron chi connectivity index (χ4n) is 3.06. The Bertz CT molecular complexity index is 553. The Morgan fingerprint density at radius 1 is 0.853 bits per heavy atom. The molecule has 0 spiro atoms. The number of carbonyl (C=O) groups excluding carboxylic acids is 2. The van der Waals surface area contributed by atoms with Crippen molar-refractivity contribution < 1.29 is 53.7 Å². The second-order valence-corrected chi connectivity index (χ2v) is 7.60. The van der Waals surface area contributed by atoms with Crippen molar-refractivity contribution in [3.8, 4) is 0 Å². The molecule has 0 bridgehead atoms. The first-order valence-corrected chi connectivity index (χ1v) is 11.7. The van der Waals surface area contributed by atoms with Crippen molar-refractivity contribution in [2.45, 2.75) is 63.3 Å². The summed E-state index contributed by atoms with van der Waals surface area (Å²) in [6, 6.07) is 0. The van der Waals surface area contributed by atoms with E-state index in [0.29, 0.717) is 45.9 Å². The van der Waals surface area contributed by atoms with Crippen LogP contribution in [0.5, 0.6) is 0 Å². The first-order chi connectivity index (χ1) is 16.4. The summed E-state index contributed by atoms with van der Waals surface area (Å²) >= 11 is 0. The van der Waals surface area contributed by atoms with Gasteiger partial charge in [-0.25, -0.2) is 4.79 Å². The lowest BCUT2D eigenvalue weighted by molar-refractivity contribution is -0.302. The largest absolute Gasteiger partial charge is 0.450 e. The van der Waals surface area contributed by atoms with Gasteiger partial charge in [-0.1, -0.05) is 6.42 Å². The van der Waals surface area contributed by atoms with E-state index in [0.717, 1.165) is 19.3 Å². The fourth-order valence-corrected chi connectivity index (χ4v) is 3.06. The Morgan fingerprint density at radius 2 is 1.56 bits per heavy atom. The summed E-state index contributed by atoms with van der Waals surface area (Å²) in [6.45, 7) is 3.70. The highest BCUT2D eigenvalue weighted by Gasteiger charge is 2.43. The Hall–Kier alpha value is -1.58. The molecular weight excluding hydrogens is 456 g/mol. The summed E-state index contributed by atoms with van der Waals surface area (Å²) in [4.78, 5) is 22.8. The third-order valence-electron chi connectivity index (χ3n) is 4.92. The zero-order chi connectivity index (χ0) is 25.2. The molecule has 1 rings (SSSR count). The van der Waals surface area contributed by atoms with Crippen molar-refractivity contribution in [2.75, 3.05) is 59.3 Å². The van der Waals surface area contributed by atoms with E-state index in [4.69, 9.17) is 28.8 Å². The van der Waals surface area contributed by atoms with Gasteiger partial charge in [-0.3, -0.25) is 4.79 Å². The third-order valence-corrected chi connectivity index (χ3v) is 4.92. The molecule has 13 heteroatoms. The second-order valence-electron chi connectivity index (χ2n) is 7.60. The van der Waals surface area contributed by atoms with E-state index in [1.807, 2.05) is 0 Å². The van der Waals surface area contributed by atoms with E-state index in [-0.39, 0.29) is 19.1 Å². The maximum Gasteiger partial charge on any atom is 0.407 e. The van der Waals surface area contributed by atoms with Gasteiger partial charge in [0.05, 0.1) is 46.2 Å². The summed E-state index contributed by atoms with van der Waals surface area (Å²) in [6.07, 6.45) is -4.21. The van der Waals surface area contributed by atoms with Gasteiger partial charge in [-0.05, 0) is 19.8 Å². The van der Waals surface area contributed by atoms with Crippen LogP contribution in [-0.2, 0) is 28.5 Å². The highest BCUT2D eigenvalue weighted by Crippen LogP contribution is 2.21. The number of carbonyl (C=O) groups is 2. The minimum absolute atomic E-state index is 0.0523. The average Bonchev–Trinajstić information content (AvgIpc) is 2.82. The lowest BCUT2D eigenvalue weighted by Gasteiger charge is -2.39. The quantitative estimate of drug-likeness (QED) is 0.118. The maximum absolute atomic E-state index is 11.7. The van der Waals surface area contributed by atoms with Gasteiger partial charge in [0.25, 0.3) is 0 Å². The van der Waals surface area contributed by atoms with Crippen molar-refractivity contribution >= 4 is 12.0 Å². The Balaban J connectivity index is 1.90. The van der Waals surface area contributed by atoms with Crippen molar-refractivity contribution in [3.05, 3.63) is 0 Å². The minimum atomic E-state index is -1.48. The number of rotatable bonds is 18. The molecule has 3 unspecified atom stereocenters. The third kappa shape index (κ3) is 12.8. The van der Waals surface area contributed by atoms with Crippen LogP contribution in [0.15, 0.2) is 0 Å². The molecule has 0 aromatic rings. The SMILES string of the molecule is CCOC(=O)NCCCCCC(=O)NCCOCCOCCO[C@H]1OC(CO)[C@@H](O)C(O)C1O. The molecule has 200 valence electrons. The van der Waals surface area contributed by atoms with Crippen LogP contribution in [0.2, 0.25) is 0 Å². The van der Waals surface area contributed by atoms with Gasteiger partial charge in [0.1, 0.15) is 24.4 Å². The fraction of sp³-hybridized carbons (Fsp3) is 0.905. The molecular formula is C21H40N2O11.